The van der Waals surface area contributed by atoms with Gasteiger partial charge in [-0.25, -0.2) is 24.3 Å². The second kappa shape index (κ2) is 19.5. The normalized spacial score (nSPS) is 23.5. The molecule has 0 spiro atoms. The zero-order valence-electron chi connectivity index (χ0n) is 36.7. The summed E-state index contributed by atoms with van der Waals surface area (Å²) in [4.78, 5) is 79.5. The molecule has 2 aromatic carbocycles. The molecule has 3 heterocycles. The van der Waals surface area contributed by atoms with E-state index in [1.54, 1.807) is 48.5 Å². The number of benzene rings is 2. The maximum absolute atomic E-state index is 15.5. The number of hydrogen-bond donors (Lipinski definition) is 1. The van der Waals surface area contributed by atoms with Crippen LogP contribution < -0.4 is 14.8 Å². The maximum Gasteiger partial charge on any atom is 0.418 e. The summed E-state index contributed by atoms with van der Waals surface area (Å²) in [5, 5.41) is 3.51. The molecule has 1 N–H and O–H groups in total. The van der Waals surface area contributed by atoms with Crippen LogP contribution in [0.5, 0.6) is 11.6 Å². The molecule has 4 amide bonds. The maximum atomic E-state index is 15.5. The summed E-state index contributed by atoms with van der Waals surface area (Å²) in [6, 6.07) is 14.8. The number of esters is 1. The summed E-state index contributed by atoms with van der Waals surface area (Å²) in [5.74, 6) is -2.02. The standard InChI is InChI=1S/C47H59BrN4O10/c1-8-58-42(55)47-26-25-31(47)21-15-10-9-11-16-24-35(50-43(56)61-45(2,3)4)40(53)51-28-32(27-36(51)41(54)52(47)44(57)62-46(5,6)7)60-39-37(48)38(33-22-17-18-23-34(33)49-39)59-29-30-19-13-12-14-20-30/h12-15,17-23,31-32,35-36H,8-11,16,24-29H2,1-7H3,(H,50,56). The lowest BCUT2D eigenvalue weighted by Crippen LogP contribution is -2.70. The first kappa shape index (κ1) is 46.3. The molecule has 2 fully saturated rings. The summed E-state index contributed by atoms with van der Waals surface area (Å²) in [6.45, 7) is 12.0. The zero-order chi connectivity index (χ0) is 44.8. The largest absolute Gasteiger partial charge is 0.487 e. The van der Waals surface area contributed by atoms with Gasteiger partial charge in [0.15, 0.2) is 5.54 Å². The topological polar surface area (TPSA) is 163 Å². The molecular weight excluding hydrogens is 860 g/mol. The molecule has 5 atom stereocenters. The number of aromatic nitrogens is 1. The molecule has 1 aliphatic carbocycles. The number of allylic oxidation sites excluding steroid dienone is 1. The number of hydrogen-bond acceptors (Lipinski definition) is 11. The fraction of sp³-hybridized carbons (Fsp3) is 0.532. The van der Waals surface area contributed by atoms with E-state index < -0.39 is 70.8 Å². The molecule has 2 aliphatic heterocycles. The van der Waals surface area contributed by atoms with Crippen LogP contribution in [0, 0.1) is 5.92 Å². The average Bonchev–Trinajstić information content (AvgIpc) is 3.62. The van der Waals surface area contributed by atoms with Gasteiger partial charge in [-0.05, 0) is 114 Å². The fourth-order valence-corrected chi connectivity index (χ4v) is 8.69. The predicted molar refractivity (Wildman–Crippen MR) is 235 cm³/mol. The summed E-state index contributed by atoms with van der Waals surface area (Å²) in [7, 11) is 0. The van der Waals surface area contributed by atoms with Gasteiger partial charge < -0.3 is 33.9 Å². The van der Waals surface area contributed by atoms with E-state index >= 15 is 4.79 Å². The minimum atomic E-state index is -1.73. The quantitative estimate of drug-likeness (QED) is 0.131. The molecule has 1 saturated heterocycles. The second-order valence-electron chi connectivity index (χ2n) is 18.0. The van der Waals surface area contributed by atoms with Crippen LogP contribution in [0.15, 0.2) is 71.2 Å². The van der Waals surface area contributed by atoms with E-state index in [2.05, 4.69) is 21.2 Å². The number of alkyl carbamates (subject to hydrolysis) is 1. The number of carbonyl (C=O) groups is 5. The van der Waals surface area contributed by atoms with Crippen LogP contribution in [0.1, 0.15) is 105 Å². The molecule has 6 rings (SSSR count). The van der Waals surface area contributed by atoms with Crippen molar-refractivity contribution in [2.24, 2.45) is 5.92 Å². The van der Waals surface area contributed by atoms with Gasteiger partial charge >= 0.3 is 18.2 Å². The summed E-state index contributed by atoms with van der Waals surface area (Å²) < 4.78 is 30.5. The number of amides is 4. The average molecular weight is 920 g/mol. The third-order valence-corrected chi connectivity index (χ3v) is 11.8. The Balaban J connectivity index is 1.43. The third kappa shape index (κ3) is 10.7. The minimum absolute atomic E-state index is 0.0139. The molecular formula is C47H59BrN4O10. The van der Waals surface area contributed by atoms with Gasteiger partial charge in [-0.3, -0.25) is 9.59 Å². The molecule has 0 bridgehead atoms. The van der Waals surface area contributed by atoms with Gasteiger partial charge in [0.1, 0.15) is 46.2 Å². The van der Waals surface area contributed by atoms with Crippen LogP contribution in [-0.4, -0.2) is 92.8 Å². The van der Waals surface area contributed by atoms with Gasteiger partial charge in [-0.1, -0.05) is 67.5 Å². The molecule has 14 nitrogen and oxygen atoms in total. The van der Waals surface area contributed by atoms with E-state index in [9.17, 15) is 19.2 Å². The first-order chi connectivity index (χ1) is 29.4. The lowest BCUT2D eigenvalue weighted by molar-refractivity contribution is -0.176. The van der Waals surface area contributed by atoms with E-state index in [4.69, 9.17) is 28.7 Å². The van der Waals surface area contributed by atoms with Crippen molar-refractivity contribution in [2.45, 2.75) is 141 Å². The smallest absolute Gasteiger partial charge is 0.418 e. The first-order valence-electron chi connectivity index (χ1n) is 21.5. The molecule has 62 heavy (non-hydrogen) atoms. The van der Waals surface area contributed by atoms with Gasteiger partial charge in [-0.15, -0.1) is 0 Å². The lowest BCUT2D eigenvalue weighted by atomic mass is 9.64. The number of rotatable bonds is 8. The molecule has 15 heteroatoms. The van der Waals surface area contributed by atoms with E-state index in [1.165, 1.54) is 4.90 Å². The Morgan fingerprint density at radius 1 is 0.903 bits per heavy atom. The van der Waals surface area contributed by atoms with Crippen molar-refractivity contribution in [3.63, 3.8) is 0 Å². The fourth-order valence-electron chi connectivity index (χ4n) is 8.18. The molecule has 5 unspecified atom stereocenters. The van der Waals surface area contributed by atoms with Crippen LogP contribution in [-0.2, 0) is 35.2 Å². The van der Waals surface area contributed by atoms with E-state index in [-0.39, 0.29) is 44.9 Å². The Morgan fingerprint density at radius 2 is 1.61 bits per heavy atom. The highest BCUT2D eigenvalue weighted by Crippen LogP contribution is 2.48. The molecule has 1 saturated carbocycles. The van der Waals surface area contributed by atoms with Gasteiger partial charge in [-0.2, -0.15) is 0 Å². The van der Waals surface area contributed by atoms with Crippen LogP contribution in [0.3, 0.4) is 0 Å². The van der Waals surface area contributed by atoms with E-state index in [0.717, 1.165) is 28.7 Å². The Kier molecular flexibility index (Phi) is 14.5. The van der Waals surface area contributed by atoms with Crippen LogP contribution in [0.25, 0.3) is 10.9 Å². The number of carbonyl (C=O) groups excluding carboxylic acids is 5. The Hall–Kier alpha value is -5.18. The van der Waals surface area contributed by atoms with Gasteiger partial charge in [0, 0.05) is 17.7 Å². The van der Waals surface area contributed by atoms with Crippen molar-refractivity contribution in [3.05, 3.63) is 76.8 Å². The number of para-hydroxylation sites is 1. The first-order valence-corrected chi connectivity index (χ1v) is 22.3. The van der Waals surface area contributed by atoms with Crippen molar-refractivity contribution in [1.29, 1.82) is 0 Å². The number of ether oxygens (including phenoxy) is 5. The highest BCUT2D eigenvalue weighted by molar-refractivity contribution is 9.10. The predicted octanol–water partition coefficient (Wildman–Crippen LogP) is 8.81. The van der Waals surface area contributed by atoms with Crippen molar-refractivity contribution >= 4 is 56.8 Å². The van der Waals surface area contributed by atoms with E-state index in [1.807, 2.05) is 66.7 Å². The summed E-state index contributed by atoms with van der Waals surface area (Å²) in [5.41, 5.74) is -2.08. The van der Waals surface area contributed by atoms with Crippen molar-refractivity contribution in [2.75, 3.05) is 13.2 Å². The number of fused-ring (bicyclic) bond motifs is 3. The van der Waals surface area contributed by atoms with Crippen LogP contribution >= 0.6 is 15.9 Å². The number of halogens is 1. The number of nitrogens with zero attached hydrogens (tertiary/aromatic N) is 3. The van der Waals surface area contributed by atoms with E-state index in [0.29, 0.717) is 35.0 Å². The molecule has 0 radical (unpaired) electrons. The number of pyridine rings is 1. The monoisotopic (exact) mass is 918 g/mol. The lowest BCUT2D eigenvalue weighted by Gasteiger charge is -2.52. The van der Waals surface area contributed by atoms with Crippen molar-refractivity contribution < 1.29 is 47.7 Å². The molecule has 3 aliphatic rings. The SMILES string of the molecule is CCOC(=O)C12CCC1C=CCCCCCC(NC(=O)OC(C)(C)C)C(=O)N1CC(Oc3nc4ccccc4c(OCc4ccccc4)c3Br)CC1C(=O)N2C(=O)OC(C)(C)C. The highest BCUT2D eigenvalue weighted by atomic mass is 79.9. The van der Waals surface area contributed by atoms with Gasteiger partial charge in [0.25, 0.3) is 5.91 Å². The van der Waals surface area contributed by atoms with Gasteiger partial charge in [0.05, 0.1) is 18.7 Å². The number of imide groups is 1. The van der Waals surface area contributed by atoms with Crippen molar-refractivity contribution in [1.82, 2.24) is 20.1 Å². The van der Waals surface area contributed by atoms with Gasteiger partial charge in [0.2, 0.25) is 11.8 Å². The molecule has 334 valence electrons. The minimum Gasteiger partial charge on any atom is -0.487 e. The third-order valence-electron chi connectivity index (χ3n) is 11.1. The molecule has 1 aromatic heterocycles. The Labute approximate surface area is 372 Å². The second-order valence-corrected chi connectivity index (χ2v) is 18.8. The zero-order valence-corrected chi connectivity index (χ0v) is 38.3. The van der Waals surface area contributed by atoms with Crippen LogP contribution in [0.2, 0.25) is 0 Å². The Morgan fingerprint density at radius 3 is 2.29 bits per heavy atom. The number of nitrogens with one attached hydrogen (secondary N) is 1. The Bertz CT molecular complexity index is 2150. The highest BCUT2D eigenvalue weighted by Gasteiger charge is 2.63. The summed E-state index contributed by atoms with van der Waals surface area (Å²) in [6.07, 6.45) is 4.77. The van der Waals surface area contributed by atoms with Crippen LogP contribution in [0.4, 0.5) is 9.59 Å². The summed E-state index contributed by atoms with van der Waals surface area (Å²) >= 11 is 3.70. The van der Waals surface area contributed by atoms with Crippen molar-refractivity contribution in [3.8, 4) is 11.6 Å². The molecule has 3 aromatic rings.